The lowest BCUT2D eigenvalue weighted by atomic mass is 10.2. The van der Waals surface area contributed by atoms with Crippen molar-refractivity contribution in [2.75, 3.05) is 6.79 Å². The summed E-state index contributed by atoms with van der Waals surface area (Å²) >= 11 is 0. The van der Waals surface area contributed by atoms with Crippen LogP contribution in [0.15, 0.2) is 27.4 Å². The smallest absolute Gasteiger partial charge is 0.336 e. The van der Waals surface area contributed by atoms with E-state index in [-0.39, 0.29) is 24.0 Å². The van der Waals surface area contributed by atoms with Gasteiger partial charge in [0.05, 0.1) is 0 Å². The summed E-state index contributed by atoms with van der Waals surface area (Å²) in [6.07, 6.45) is 0. The van der Waals surface area contributed by atoms with Crippen molar-refractivity contribution in [2.45, 2.75) is 0 Å². The molecule has 1 aromatic heterocycles. The largest absolute Gasteiger partial charge is 0.504 e. The van der Waals surface area contributed by atoms with Crippen molar-refractivity contribution >= 4 is 11.0 Å². The Balaban J connectivity index is 2.49. The average Bonchev–Trinajstić information content (AvgIpc) is 2.69. The van der Waals surface area contributed by atoms with E-state index in [4.69, 9.17) is 13.9 Å². The fourth-order valence-electron chi connectivity index (χ4n) is 1.57. The van der Waals surface area contributed by atoms with Gasteiger partial charge in [-0.25, -0.2) is 4.79 Å². The SMILES string of the molecule is O=c1ccc2cc(O)c3c(c2o1)OCO3. The first-order valence-corrected chi connectivity index (χ1v) is 4.31. The summed E-state index contributed by atoms with van der Waals surface area (Å²) in [6.45, 7) is 0.0145. The molecule has 0 fully saturated rings. The van der Waals surface area contributed by atoms with Crippen molar-refractivity contribution < 1.29 is 19.0 Å². The number of hydrogen-bond donors (Lipinski definition) is 1. The highest BCUT2D eigenvalue weighted by Crippen LogP contribution is 2.45. The van der Waals surface area contributed by atoms with Gasteiger partial charge in [0.2, 0.25) is 18.3 Å². The quantitative estimate of drug-likeness (QED) is 0.656. The van der Waals surface area contributed by atoms with Crippen LogP contribution in [0.3, 0.4) is 0 Å². The number of phenols is 1. The van der Waals surface area contributed by atoms with Gasteiger partial charge in [0.1, 0.15) is 0 Å². The summed E-state index contributed by atoms with van der Waals surface area (Å²) in [5.74, 6) is 0.475. The first-order chi connectivity index (χ1) is 7.25. The number of hydrogen-bond acceptors (Lipinski definition) is 5. The van der Waals surface area contributed by atoms with Crippen molar-refractivity contribution in [2.24, 2.45) is 0 Å². The van der Waals surface area contributed by atoms with E-state index >= 15 is 0 Å². The Bertz CT molecular complexity index is 599. The van der Waals surface area contributed by atoms with Crippen LogP contribution < -0.4 is 15.1 Å². The van der Waals surface area contributed by atoms with E-state index in [1.807, 2.05) is 0 Å². The first-order valence-electron chi connectivity index (χ1n) is 4.31. The van der Waals surface area contributed by atoms with Crippen molar-refractivity contribution in [3.63, 3.8) is 0 Å². The monoisotopic (exact) mass is 206 g/mol. The molecule has 2 heterocycles. The summed E-state index contributed by atoms with van der Waals surface area (Å²) in [4.78, 5) is 11.0. The normalized spacial score (nSPS) is 13.3. The summed E-state index contributed by atoms with van der Waals surface area (Å²) in [7, 11) is 0. The van der Waals surface area contributed by atoms with Crippen LogP contribution in [0.2, 0.25) is 0 Å². The third-order valence-electron chi connectivity index (χ3n) is 2.21. The minimum atomic E-state index is -0.467. The molecule has 0 amide bonds. The summed E-state index contributed by atoms with van der Waals surface area (Å²) < 4.78 is 15.2. The number of aromatic hydroxyl groups is 1. The Morgan fingerprint density at radius 1 is 1.20 bits per heavy atom. The van der Waals surface area contributed by atoms with E-state index in [1.54, 1.807) is 6.07 Å². The predicted molar refractivity (Wildman–Crippen MR) is 50.3 cm³/mol. The van der Waals surface area contributed by atoms with Crippen molar-refractivity contribution in [3.05, 3.63) is 28.6 Å². The molecule has 0 radical (unpaired) electrons. The molecule has 0 spiro atoms. The number of rotatable bonds is 0. The average molecular weight is 206 g/mol. The Hall–Kier alpha value is -2.17. The Kier molecular flexibility index (Phi) is 1.45. The van der Waals surface area contributed by atoms with Crippen LogP contribution in [0.5, 0.6) is 17.2 Å². The molecule has 1 aliphatic heterocycles. The van der Waals surface area contributed by atoms with Crippen molar-refractivity contribution in [1.29, 1.82) is 0 Å². The lowest BCUT2D eigenvalue weighted by Gasteiger charge is -2.02. The summed E-state index contributed by atoms with van der Waals surface area (Å²) in [5.41, 5.74) is -0.168. The molecule has 1 aliphatic rings. The Labute approximate surface area is 83.5 Å². The van der Waals surface area contributed by atoms with E-state index in [0.717, 1.165) is 0 Å². The molecular formula is C10H6O5. The number of benzene rings is 1. The third kappa shape index (κ3) is 1.06. The minimum absolute atomic E-state index is 0.0145. The maximum absolute atomic E-state index is 11.0. The second-order valence-electron chi connectivity index (χ2n) is 3.13. The molecule has 5 nitrogen and oxygen atoms in total. The molecule has 76 valence electrons. The van der Waals surface area contributed by atoms with Gasteiger partial charge in [-0.15, -0.1) is 0 Å². The van der Waals surface area contributed by atoms with Gasteiger partial charge < -0.3 is 19.0 Å². The zero-order valence-electron chi connectivity index (χ0n) is 7.52. The van der Waals surface area contributed by atoms with E-state index in [1.165, 1.54) is 12.1 Å². The zero-order valence-corrected chi connectivity index (χ0v) is 7.52. The molecule has 1 aromatic carbocycles. The van der Waals surface area contributed by atoms with E-state index in [2.05, 4.69) is 0 Å². The van der Waals surface area contributed by atoms with Crippen LogP contribution in [0.25, 0.3) is 11.0 Å². The second kappa shape index (κ2) is 2.66. The van der Waals surface area contributed by atoms with Gasteiger partial charge in [0, 0.05) is 11.5 Å². The molecule has 2 aromatic rings. The van der Waals surface area contributed by atoms with Crippen molar-refractivity contribution in [1.82, 2.24) is 0 Å². The van der Waals surface area contributed by atoms with E-state index < -0.39 is 5.63 Å². The molecular weight excluding hydrogens is 200 g/mol. The highest BCUT2D eigenvalue weighted by atomic mass is 16.7. The molecule has 0 saturated carbocycles. The molecule has 1 N–H and O–H groups in total. The molecule has 0 saturated heterocycles. The Morgan fingerprint density at radius 3 is 2.87 bits per heavy atom. The molecule has 5 heteroatoms. The van der Waals surface area contributed by atoms with Gasteiger partial charge in [-0.1, -0.05) is 0 Å². The topological polar surface area (TPSA) is 68.9 Å². The zero-order chi connectivity index (χ0) is 10.4. The van der Waals surface area contributed by atoms with Crippen LogP contribution in [-0.2, 0) is 0 Å². The summed E-state index contributed by atoms with van der Waals surface area (Å²) in [5, 5.41) is 10.2. The highest BCUT2D eigenvalue weighted by Gasteiger charge is 2.23. The maximum atomic E-state index is 11.0. The number of phenolic OH excluding ortho intramolecular Hbond substituents is 1. The molecule has 0 bridgehead atoms. The second-order valence-corrected chi connectivity index (χ2v) is 3.13. The fraction of sp³-hybridized carbons (Fsp3) is 0.100. The van der Waals surface area contributed by atoms with Crippen LogP contribution >= 0.6 is 0 Å². The molecule has 0 unspecified atom stereocenters. The van der Waals surface area contributed by atoms with Gasteiger partial charge in [-0.3, -0.25) is 0 Å². The van der Waals surface area contributed by atoms with Crippen LogP contribution in [0.1, 0.15) is 0 Å². The van der Waals surface area contributed by atoms with Gasteiger partial charge in [-0.2, -0.15) is 0 Å². The lowest BCUT2D eigenvalue weighted by molar-refractivity contribution is 0.171. The molecule has 3 rings (SSSR count). The van der Waals surface area contributed by atoms with E-state index in [0.29, 0.717) is 11.0 Å². The van der Waals surface area contributed by atoms with Crippen LogP contribution in [-0.4, -0.2) is 11.9 Å². The van der Waals surface area contributed by atoms with E-state index in [9.17, 15) is 9.90 Å². The number of ether oxygens (including phenoxy) is 2. The summed E-state index contributed by atoms with van der Waals surface area (Å²) in [6, 6.07) is 4.30. The molecule has 15 heavy (non-hydrogen) atoms. The fourth-order valence-corrected chi connectivity index (χ4v) is 1.57. The van der Waals surface area contributed by atoms with Gasteiger partial charge in [0.25, 0.3) is 0 Å². The van der Waals surface area contributed by atoms with Crippen LogP contribution in [0.4, 0.5) is 0 Å². The number of fused-ring (bicyclic) bond motifs is 3. The Morgan fingerprint density at radius 2 is 2.00 bits per heavy atom. The van der Waals surface area contributed by atoms with Crippen LogP contribution in [0, 0.1) is 0 Å². The molecule has 0 aliphatic carbocycles. The van der Waals surface area contributed by atoms with Gasteiger partial charge in [0.15, 0.2) is 11.3 Å². The van der Waals surface area contributed by atoms with Gasteiger partial charge >= 0.3 is 5.63 Å². The third-order valence-corrected chi connectivity index (χ3v) is 2.21. The lowest BCUT2D eigenvalue weighted by Crippen LogP contribution is -1.96. The molecule has 0 atom stereocenters. The first kappa shape index (κ1) is 8.16. The maximum Gasteiger partial charge on any atom is 0.336 e. The standard InChI is InChI=1S/C10H6O5/c11-6-3-5-1-2-7(12)15-8(5)10-9(6)13-4-14-10/h1-3,11H,4H2. The van der Waals surface area contributed by atoms with Crippen molar-refractivity contribution in [3.8, 4) is 17.2 Å². The predicted octanol–water partition coefficient (Wildman–Crippen LogP) is 1.23. The van der Waals surface area contributed by atoms with Gasteiger partial charge in [-0.05, 0) is 12.1 Å². The minimum Gasteiger partial charge on any atom is -0.504 e. The highest BCUT2D eigenvalue weighted by molar-refractivity contribution is 5.88.